The molecule has 0 aliphatic carbocycles. The molecule has 27 heavy (non-hydrogen) atoms. The van der Waals surface area contributed by atoms with E-state index in [4.69, 9.17) is 0 Å². The van der Waals surface area contributed by atoms with Gasteiger partial charge < -0.3 is 15.1 Å². The lowest BCUT2D eigenvalue weighted by molar-refractivity contribution is -0.113. The highest BCUT2D eigenvalue weighted by Crippen LogP contribution is 2.27. The molecule has 1 saturated heterocycles. The molecule has 144 valence electrons. The molecule has 0 bridgehead atoms. The fourth-order valence-electron chi connectivity index (χ4n) is 3.06. The Bertz CT molecular complexity index is 795. The van der Waals surface area contributed by atoms with Crippen LogP contribution in [0.3, 0.4) is 0 Å². The number of nitrogens with one attached hydrogen (secondary N) is 1. The fourth-order valence-corrected chi connectivity index (χ4v) is 3.78. The molecule has 1 N–H and O–H groups in total. The molecule has 1 aliphatic rings. The topological polar surface area (TPSA) is 35.6 Å². The Hall–Kier alpha value is -2.12. The average Bonchev–Trinajstić information content (AvgIpc) is 2.69. The number of hydrogen-bond donors (Lipinski definition) is 1. The van der Waals surface area contributed by atoms with E-state index >= 15 is 0 Å². The molecule has 0 radical (unpaired) electrons. The first-order valence-corrected chi connectivity index (χ1v) is 9.99. The molecule has 1 fully saturated rings. The van der Waals surface area contributed by atoms with Crippen LogP contribution in [0.5, 0.6) is 0 Å². The van der Waals surface area contributed by atoms with Crippen molar-refractivity contribution in [1.82, 2.24) is 4.90 Å². The van der Waals surface area contributed by atoms with Crippen LogP contribution in [0.2, 0.25) is 0 Å². The quantitative estimate of drug-likeness (QED) is 0.759. The number of thioether (sulfide) groups is 1. The van der Waals surface area contributed by atoms with Gasteiger partial charge in [-0.15, -0.1) is 11.8 Å². The Labute approximate surface area is 162 Å². The number of nitrogens with zero attached hydrogens (tertiary/aromatic N) is 2. The minimum atomic E-state index is -0.906. The average molecular weight is 391 g/mol. The van der Waals surface area contributed by atoms with Crippen LogP contribution < -0.4 is 10.2 Å². The van der Waals surface area contributed by atoms with Gasteiger partial charge in [0.05, 0.1) is 17.1 Å². The van der Waals surface area contributed by atoms with Gasteiger partial charge in [-0.3, -0.25) is 4.79 Å². The number of carbonyl (C=O) groups is 1. The number of amides is 1. The number of carbonyl (C=O) groups excluding carboxylic acids is 1. The summed E-state index contributed by atoms with van der Waals surface area (Å²) in [7, 11) is 0. The number of anilines is 2. The van der Waals surface area contributed by atoms with Gasteiger partial charge in [-0.25, -0.2) is 8.78 Å². The maximum absolute atomic E-state index is 13.3. The lowest BCUT2D eigenvalue weighted by Gasteiger charge is -2.36. The van der Waals surface area contributed by atoms with Crippen LogP contribution in [0, 0.1) is 11.6 Å². The van der Waals surface area contributed by atoms with E-state index in [1.165, 1.54) is 17.8 Å². The Morgan fingerprint density at radius 1 is 1.07 bits per heavy atom. The van der Waals surface area contributed by atoms with Gasteiger partial charge in [0, 0.05) is 31.1 Å². The molecule has 0 atom stereocenters. The van der Waals surface area contributed by atoms with Gasteiger partial charge >= 0.3 is 0 Å². The maximum Gasteiger partial charge on any atom is 0.234 e. The van der Waals surface area contributed by atoms with Crippen LogP contribution in [0.15, 0.2) is 47.4 Å². The first kappa shape index (κ1) is 19.6. The number of hydrogen-bond acceptors (Lipinski definition) is 4. The monoisotopic (exact) mass is 391 g/mol. The zero-order valence-electron chi connectivity index (χ0n) is 15.3. The van der Waals surface area contributed by atoms with Gasteiger partial charge in [0.25, 0.3) is 0 Å². The summed E-state index contributed by atoms with van der Waals surface area (Å²) in [5.74, 6) is -1.84. The zero-order valence-corrected chi connectivity index (χ0v) is 16.1. The summed E-state index contributed by atoms with van der Waals surface area (Å²) in [4.78, 5) is 17.5. The summed E-state index contributed by atoms with van der Waals surface area (Å²) >= 11 is 1.18. The minimum absolute atomic E-state index is 0.128. The third-order valence-corrected chi connectivity index (χ3v) is 5.59. The van der Waals surface area contributed by atoms with E-state index in [0.717, 1.165) is 56.2 Å². The summed E-state index contributed by atoms with van der Waals surface area (Å²) in [6.45, 7) is 7.06. The van der Waals surface area contributed by atoms with Crippen molar-refractivity contribution in [3.05, 3.63) is 54.1 Å². The first-order valence-electron chi connectivity index (χ1n) is 9.01. The van der Waals surface area contributed by atoms with Crippen LogP contribution in [0.4, 0.5) is 20.2 Å². The zero-order chi connectivity index (χ0) is 19.2. The SMILES string of the molecule is CCN1CCN(c2ccccc2NC(=O)CSc2ccc(F)c(F)c2)CC1. The van der Waals surface area contributed by atoms with Crippen LogP contribution in [-0.4, -0.2) is 49.3 Å². The molecule has 1 amide bonds. The lowest BCUT2D eigenvalue weighted by Crippen LogP contribution is -2.46. The van der Waals surface area contributed by atoms with Gasteiger partial charge in [0.2, 0.25) is 5.91 Å². The highest BCUT2D eigenvalue weighted by Gasteiger charge is 2.18. The third kappa shape index (κ3) is 5.20. The van der Waals surface area contributed by atoms with Crippen molar-refractivity contribution in [2.75, 3.05) is 48.7 Å². The Morgan fingerprint density at radius 2 is 1.81 bits per heavy atom. The minimum Gasteiger partial charge on any atom is -0.367 e. The second-order valence-corrected chi connectivity index (χ2v) is 7.40. The first-order chi connectivity index (χ1) is 13.1. The predicted octanol–water partition coefficient (Wildman–Crippen LogP) is 3.84. The van der Waals surface area contributed by atoms with Gasteiger partial charge in [-0.2, -0.15) is 0 Å². The lowest BCUT2D eigenvalue weighted by atomic mass is 10.2. The van der Waals surface area contributed by atoms with Crippen molar-refractivity contribution >= 4 is 29.0 Å². The van der Waals surface area contributed by atoms with Crippen molar-refractivity contribution in [1.29, 1.82) is 0 Å². The number of likely N-dealkylation sites (N-methyl/N-ethyl adjacent to an activating group) is 1. The third-order valence-electron chi connectivity index (χ3n) is 4.60. The molecule has 0 saturated carbocycles. The predicted molar refractivity (Wildman–Crippen MR) is 106 cm³/mol. The number of piperazine rings is 1. The molecular weight excluding hydrogens is 368 g/mol. The molecule has 0 spiro atoms. The molecule has 2 aromatic carbocycles. The smallest absolute Gasteiger partial charge is 0.234 e. The van der Waals surface area contributed by atoms with Crippen LogP contribution in [0.25, 0.3) is 0 Å². The summed E-state index contributed by atoms with van der Waals surface area (Å²) in [6.07, 6.45) is 0. The van der Waals surface area contributed by atoms with Gasteiger partial charge in [-0.1, -0.05) is 19.1 Å². The number of benzene rings is 2. The van der Waals surface area contributed by atoms with E-state index in [-0.39, 0.29) is 11.7 Å². The van der Waals surface area contributed by atoms with Gasteiger partial charge in [0.15, 0.2) is 11.6 Å². The summed E-state index contributed by atoms with van der Waals surface area (Å²) in [5.41, 5.74) is 1.79. The highest BCUT2D eigenvalue weighted by atomic mass is 32.2. The largest absolute Gasteiger partial charge is 0.367 e. The Balaban J connectivity index is 1.60. The molecule has 1 aliphatic heterocycles. The Morgan fingerprint density at radius 3 is 2.52 bits per heavy atom. The Kier molecular flexibility index (Phi) is 6.68. The van der Waals surface area contributed by atoms with Crippen LogP contribution >= 0.6 is 11.8 Å². The van der Waals surface area contributed by atoms with Crippen LogP contribution in [-0.2, 0) is 4.79 Å². The molecule has 1 heterocycles. The summed E-state index contributed by atoms with van der Waals surface area (Å²) < 4.78 is 26.2. The van der Waals surface area contributed by atoms with Crippen molar-refractivity contribution in [2.24, 2.45) is 0 Å². The summed E-state index contributed by atoms with van der Waals surface area (Å²) in [5, 5.41) is 2.95. The van der Waals surface area contributed by atoms with E-state index in [2.05, 4.69) is 22.0 Å². The van der Waals surface area contributed by atoms with Crippen LogP contribution in [0.1, 0.15) is 6.92 Å². The van der Waals surface area contributed by atoms with E-state index < -0.39 is 11.6 Å². The molecule has 3 rings (SSSR count). The molecular formula is C20H23F2N3OS. The van der Waals surface area contributed by atoms with Crippen molar-refractivity contribution < 1.29 is 13.6 Å². The van der Waals surface area contributed by atoms with Crippen molar-refractivity contribution in [3.8, 4) is 0 Å². The molecule has 4 nitrogen and oxygen atoms in total. The standard InChI is InChI=1S/C20H23F2N3OS/c1-2-24-9-11-25(12-10-24)19-6-4-3-5-18(19)23-20(26)14-27-15-7-8-16(21)17(22)13-15/h3-8,13H,2,9-12,14H2,1H3,(H,23,26). The summed E-state index contributed by atoms with van der Waals surface area (Å²) in [6, 6.07) is 11.4. The number of rotatable bonds is 6. The second-order valence-electron chi connectivity index (χ2n) is 6.35. The van der Waals surface area contributed by atoms with E-state index in [0.29, 0.717) is 4.90 Å². The normalized spacial score (nSPS) is 15.0. The second kappa shape index (κ2) is 9.19. The van der Waals surface area contributed by atoms with Crippen molar-refractivity contribution in [3.63, 3.8) is 0 Å². The van der Waals surface area contributed by atoms with Gasteiger partial charge in [0.1, 0.15) is 0 Å². The fraction of sp³-hybridized carbons (Fsp3) is 0.350. The molecule has 2 aromatic rings. The number of para-hydroxylation sites is 2. The molecule has 0 unspecified atom stereocenters. The van der Waals surface area contributed by atoms with E-state index in [1.54, 1.807) is 0 Å². The molecule has 7 heteroatoms. The maximum atomic E-state index is 13.3. The van der Waals surface area contributed by atoms with E-state index in [9.17, 15) is 13.6 Å². The molecule has 0 aromatic heterocycles. The van der Waals surface area contributed by atoms with Crippen molar-refractivity contribution in [2.45, 2.75) is 11.8 Å². The van der Waals surface area contributed by atoms with Gasteiger partial charge in [-0.05, 0) is 36.9 Å². The number of halogens is 2. The van der Waals surface area contributed by atoms with E-state index in [1.807, 2.05) is 24.3 Å². The highest BCUT2D eigenvalue weighted by molar-refractivity contribution is 8.00.